The van der Waals surface area contributed by atoms with Crippen LogP contribution in [0.15, 0.2) is 23.0 Å². The predicted molar refractivity (Wildman–Crippen MR) is 62.7 cm³/mol. The Morgan fingerprint density at radius 3 is 2.68 bits per heavy atom. The van der Waals surface area contributed by atoms with Gasteiger partial charge < -0.3 is 5.11 Å². The average Bonchev–Trinajstić information content (AvgIpc) is 2.57. The maximum atomic E-state index is 13.7. The molecule has 0 saturated heterocycles. The molecule has 1 aromatic heterocycles. The van der Waals surface area contributed by atoms with Crippen molar-refractivity contribution in [2.75, 3.05) is 0 Å². The van der Waals surface area contributed by atoms with Crippen LogP contribution < -0.4 is 5.56 Å². The number of rotatable bonds is 3. The highest BCUT2D eigenvalue weighted by molar-refractivity contribution is 5.74. The predicted octanol–water partition coefficient (Wildman–Crippen LogP) is 1.29. The molecule has 0 aliphatic rings. The Balaban J connectivity index is 2.65. The highest BCUT2D eigenvalue weighted by atomic mass is 19.1. The lowest BCUT2D eigenvalue weighted by Gasteiger charge is -2.03. The summed E-state index contributed by atoms with van der Waals surface area (Å²) in [5.41, 5.74) is -0.621. The second-order valence-corrected chi connectivity index (χ2v) is 4.02. The second kappa shape index (κ2) is 4.68. The zero-order valence-corrected chi connectivity index (χ0v) is 9.91. The first kappa shape index (κ1) is 13.0. The number of aromatic nitrogens is 2. The van der Waals surface area contributed by atoms with Crippen LogP contribution in [0, 0.1) is 11.6 Å². The molecule has 5 nitrogen and oxygen atoms in total. The zero-order chi connectivity index (χ0) is 14.2. The molecule has 0 atom stereocenters. The molecule has 0 fully saturated rings. The van der Waals surface area contributed by atoms with Gasteiger partial charge in [-0.3, -0.25) is 19.4 Å². The van der Waals surface area contributed by atoms with Gasteiger partial charge in [0.1, 0.15) is 11.6 Å². The third kappa shape index (κ3) is 2.40. The first-order chi connectivity index (χ1) is 8.90. The fraction of sp³-hybridized carbons (Fsp3) is 0.167. The van der Waals surface area contributed by atoms with Crippen molar-refractivity contribution in [3.05, 3.63) is 45.8 Å². The van der Waals surface area contributed by atoms with Crippen LogP contribution in [-0.2, 0) is 18.3 Å². The summed E-state index contributed by atoms with van der Waals surface area (Å²) in [5.74, 6) is -2.83. The number of nitrogens with zero attached hydrogens (tertiary/aromatic N) is 1. The minimum atomic E-state index is -1.21. The Labute approximate surface area is 106 Å². The Bertz CT molecular complexity index is 703. The van der Waals surface area contributed by atoms with E-state index in [0.29, 0.717) is 6.07 Å². The molecule has 2 N–H and O–H groups in total. The van der Waals surface area contributed by atoms with Gasteiger partial charge in [-0.05, 0) is 12.1 Å². The zero-order valence-electron chi connectivity index (χ0n) is 9.91. The van der Waals surface area contributed by atoms with E-state index in [0.717, 1.165) is 16.8 Å². The number of aryl methyl sites for hydroxylation is 1. The molecule has 0 aliphatic heterocycles. The Kier molecular flexibility index (Phi) is 3.20. The number of carbonyl (C=O) groups is 1. The molecule has 100 valence electrons. The van der Waals surface area contributed by atoms with Crippen LogP contribution in [0.2, 0.25) is 0 Å². The Morgan fingerprint density at radius 2 is 2.11 bits per heavy atom. The lowest BCUT2D eigenvalue weighted by molar-refractivity contribution is -0.136. The molecule has 0 saturated carbocycles. The van der Waals surface area contributed by atoms with E-state index in [-0.39, 0.29) is 16.8 Å². The molecular weight excluding hydrogens is 258 g/mol. The molecule has 0 unspecified atom stereocenters. The molecular formula is C12H10F2N2O3. The van der Waals surface area contributed by atoms with Crippen molar-refractivity contribution in [2.45, 2.75) is 6.42 Å². The first-order valence-corrected chi connectivity index (χ1v) is 5.35. The summed E-state index contributed by atoms with van der Waals surface area (Å²) in [6, 6.07) is 2.86. The number of aliphatic carboxylic acids is 1. The summed E-state index contributed by atoms with van der Waals surface area (Å²) < 4.78 is 27.6. The van der Waals surface area contributed by atoms with Crippen LogP contribution in [0.1, 0.15) is 5.56 Å². The summed E-state index contributed by atoms with van der Waals surface area (Å²) in [6.07, 6.45) is -0.539. The van der Waals surface area contributed by atoms with Crippen molar-refractivity contribution in [3.63, 3.8) is 0 Å². The van der Waals surface area contributed by atoms with Gasteiger partial charge in [0.05, 0.1) is 17.7 Å². The van der Waals surface area contributed by atoms with Crippen LogP contribution in [0.3, 0.4) is 0 Å². The van der Waals surface area contributed by atoms with Crippen molar-refractivity contribution >= 4 is 5.97 Å². The number of hydrogen-bond acceptors (Lipinski definition) is 2. The molecule has 0 spiro atoms. The molecule has 1 aromatic carbocycles. The number of carboxylic acid groups (broad SMARTS) is 1. The van der Waals surface area contributed by atoms with Gasteiger partial charge in [-0.15, -0.1) is 0 Å². The molecule has 0 aliphatic carbocycles. The smallest absolute Gasteiger partial charge is 0.308 e. The van der Waals surface area contributed by atoms with Gasteiger partial charge in [0.2, 0.25) is 0 Å². The van der Waals surface area contributed by atoms with E-state index in [1.54, 1.807) is 0 Å². The van der Waals surface area contributed by atoms with E-state index in [1.807, 2.05) is 0 Å². The molecule has 0 bridgehead atoms. The van der Waals surface area contributed by atoms with Gasteiger partial charge in [-0.2, -0.15) is 0 Å². The molecule has 0 amide bonds. The molecule has 2 aromatic rings. The summed E-state index contributed by atoms with van der Waals surface area (Å²) in [5, 5.41) is 11.3. The minimum absolute atomic E-state index is 0.0460. The molecule has 1 heterocycles. The summed E-state index contributed by atoms with van der Waals surface area (Å²) >= 11 is 0. The molecule has 19 heavy (non-hydrogen) atoms. The maximum absolute atomic E-state index is 13.7. The summed E-state index contributed by atoms with van der Waals surface area (Å²) in [7, 11) is 1.39. The van der Waals surface area contributed by atoms with E-state index in [1.165, 1.54) is 7.05 Å². The lowest BCUT2D eigenvalue weighted by Crippen LogP contribution is -2.17. The molecule has 0 radical (unpaired) electrons. The van der Waals surface area contributed by atoms with Gasteiger partial charge in [-0.25, -0.2) is 8.78 Å². The van der Waals surface area contributed by atoms with Crippen LogP contribution in [0.4, 0.5) is 8.78 Å². The van der Waals surface area contributed by atoms with E-state index in [4.69, 9.17) is 5.11 Å². The number of benzene rings is 1. The van der Waals surface area contributed by atoms with Crippen LogP contribution in [0.5, 0.6) is 0 Å². The Morgan fingerprint density at radius 1 is 1.42 bits per heavy atom. The first-order valence-electron chi connectivity index (χ1n) is 5.35. The standard InChI is InChI=1S/C12H10F2N2O3/c1-16-12(19)8(5-10(17)18)11(15-16)7-3-2-6(13)4-9(7)14/h2-4,15H,5H2,1H3,(H,17,18). The number of aromatic amines is 1. The third-order valence-electron chi connectivity index (χ3n) is 2.67. The number of hydrogen-bond donors (Lipinski definition) is 2. The van der Waals surface area contributed by atoms with Gasteiger partial charge in [0, 0.05) is 18.7 Å². The number of halogens is 2. The number of H-pyrrole nitrogens is 1. The van der Waals surface area contributed by atoms with Crippen molar-refractivity contribution in [3.8, 4) is 11.3 Å². The van der Waals surface area contributed by atoms with Crippen LogP contribution in [0.25, 0.3) is 11.3 Å². The van der Waals surface area contributed by atoms with Gasteiger partial charge in [0.25, 0.3) is 5.56 Å². The second-order valence-electron chi connectivity index (χ2n) is 4.02. The Hall–Kier alpha value is -2.44. The van der Waals surface area contributed by atoms with Gasteiger partial charge >= 0.3 is 5.97 Å². The van der Waals surface area contributed by atoms with Gasteiger partial charge in [-0.1, -0.05) is 0 Å². The van der Waals surface area contributed by atoms with E-state index in [9.17, 15) is 18.4 Å². The van der Waals surface area contributed by atoms with Crippen LogP contribution >= 0.6 is 0 Å². The van der Waals surface area contributed by atoms with E-state index < -0.39 is 29.6 Å². The van der Waals surface area contributed by atoms with Gasteiger partial charge in [0.15, 0.2) is 0 Å². The number of nitrogens with one attached hydrogen (secondary N) is 1. The third-order valence-corrected chi connectivity index (χ3v) is 2.67. The minimum Gasteiger partial charge on any atom is -0.481 e. The quantitative estimate of drug-likeness (QED) is 0.880. The largest absolute Gasteiger partial charge is 0.481 e. The topological polar surface area (TPSA) is 75.1 Å². The SMILES string of the molecule is Cn1[nH]c(-c2ccc(F)cc2F)c(CC(=O)O)c1=O. The van der Waals surface area contributed by atoms with Crippen molar-refractivity contribution in [2.24, 2.45) is 7.05 Å². The van der Waals surface area contributed by atoms with E-state index >= 15 is 0 Å². The summed E-state index contributed by atoms with van der Waals surface area (Å²) in [4.78, 5) is 22.5. The normalized spacial score (nSPS) is 10.7. The monoisotopic (exact) mass is 268 g/mol. The number of carboxylic acids is 1. The van der Waals surface area contributed by atoms with E-state index in [2.05, 4.69) is 5.10 Å². The van der Waals surface area contributed by atoms with Crippen molar-refractivity contribution in [1.29, 1.82) is 0 Å². The maximum Gasteiger partial charge on any atom is 0.308 e. The van der Waals surface area contributed by atoms with Crippen molar-refractivity contribution in [1.82, 2.24) is 9.78 Å². The lowest BCUT2D eigenvalue weighted by atomic mass is 10.1. The fourth-order valence-corrected chi connectivity index (χ4v) is 1.83. The van der Waals surface area contributed by atoms with Crippen molar-refractivity contribution < 1.29 is 18.7 Å². The highest BCUT2D eigenvalue weighted by Crippen LogP contribution is 2.23. The molecule has 2 rings (SSSR count). The fourth-order valence-electron chi connectivity index (χ4n) is 1.83. The average molecular weight is 268 g/mol. The highest BCUT2D eigenvalue weighted by Gasteiger charge is 2.19. The summed E-state index contributed by atoms with van der Waals surface area (Å²) in [6.45, 7) is 0. The molecule has 7 heteroatoms. The van der Waals surface area contributed by atoms with Crippen LogP contribution in [-0.4, -0.2) is 20.9 Å².